The van der Waals surface area contributed by atoms with Gasteiger partial charge in [-0.15, -0.1) is 0 Å². The van der Waals surface area contributed by atoms with E-state index in [9.17, 15) is 9.59 Å². The molecule has 7 heteroatoms. The predicted octanol–water partition coefficient (Wildman–Crippen LogP) is 4.11. The molecule has 2 rings (SSSR count). The first-order chi connectivity index (χ1) is 11.9. The van der Waals surface area contributed by atoms with Crippen LogP contribution < -0.4 is 10.1 Å². The molecule has 0 aliphatic rings. The van der Waals surface area contributed by atoms with Crippen LogP contribution in [0, 0.1) is 0 Å². The minimum Gasteiger partial charge on any atom is -0.496 e. The van der Waals surface area contributed by atoms with Crippen LogP contribution in [-0.2, 0) is 20.7 Å². The molecule has 2 aromatic carbocycles. The van der Waals surface area contributed by atoms with Crippen molar-refractivity contribution in [3.05, 3.63) is 58.1 Å². The van der Waals surface area contributed by atoms with Gasteiger partial charge in [0.15, 0.2) is 6.10 Å². The highest BCUT2D eigenvalue weighted by molar-refractivity contribution is 6.39. The quantitative estimate of drug-likeness (QED) is 0.764. The van der Waals surface area contributed by atoms with Crippen molar-refractivity contribution in [1.29, 1.82) is 0 Å². The Hall–Kier alpha value is -2.24. The minimum absolute atomic E-state index is 0.00547. The molecule has 2 aromatic rings. The number of carbonyl (C=O) groups excluding carboxylic acids is 2. The zero-order valence-corrected chi connectivity index (χ0v) is 15.2. The molecule has 0 heterocycles. The van der Waals surface area contributed by atoms with Crippen LogP contribution in [0.1, 0.15) is 12.5 Å². The first kappa shape index (κ1) is 19.1. The van der Waals surface area contributed by atoms with Crippen LogP contribution in [0.15, 0.2) is 42.5 Å². The van der Waals surface area contributed by atoms with Crippen LogP contribution >= 0.6 is 23.2 Å². The Morgan fingerprint density at radius 2 is 1.72 bits per heavy atom. The summed E-state index contributed by atoms with van der Waals surface area (Å²) in [5, 5.41) is 3.16. The van der Waals surface area contributed by atoms with Crippen molar-refractivity contribution in [3.63, 3.8) is 0 Å². The molecule has 0 saturated heterocycles. The summed E-state index contributed by atoms with van der Waals surface area (Å²) >= 11 is 12.0. The van der Waals surface area contributed by atoms with E-state index in [-0.39, 0.29) is 12.1 Å². The van der Waals surface area contributed by atoms with E-state index in [0.717, 1.165) is 0 Å². The van der Waals surface area contributed by atoms with E-state index in [2.05, 4.69) is 5.32 Å². The number of hydrogen-bond donors (Lipinski definition) is 1. The summed E-state index contributed by atoms with van der Waals surface area (Å²) in [4.78, 5) is 24.3. The van der Waals surface area contributed by atoms with Gasteiger partial charge < -0.3 is 14.8 Å². The van der Waals surface area contributed by atoms with Gasteiger partial charge in [-0.25, -0.2) is 0 Å². The van der Waals surface area contributed by atoms with E-state index in [1.54, 1.807) is 42.5 Å². The van der Waals surface area contributed by atoms with E-state index in [0.29, 0.717) is 21.4 Å². The Morgan fingerprint density at radius 3 is 2.36 bits per heavy atom. The van der Waals surface area contributed by atoms with Crippen LogP contribution in [0.25, 0.3) is 0 Å². The van der Waals surface area contributed by atoms with Gasteiger partial charge in [-0.05, 0) is 25.1 Å². The summed E-state index contributed by atoms with van der Waals surface area (Å²) in [7, 11) is 1.52. The number of esters is 1. The number of benzene rings is 2. The molecule has 0 bridgehead atoms. The smallest absolute Gasteiger partial charge is 0.311 e. The normalized spacial score (nSPS) is 11.5. The Labute approximate surface area is 155 Å². The number of carbonyl (C=O) groups is 2. The molecule has 132 valence electrons. The summed E-state index contributed by atoms with van der Waals surface area (Å²) in [5.74, 6) is -0.486. The Morgan fingerprint density at radius 1 is 1.08 bits per heavy atom. The zero-order chi connectivity index (χ0) is 18.4. The molecule has 0 unspecified atom stereocenters. The van der Waals surface area contributed by atoms with Crippen molar-refractivity contribution in [2.45, 2.75) is 19.4 Å². The Balaban J connectivity index is 1.97. The molecule has 0 aliphatic carbocycles. The largest absolute Gasteiger partial charge is 0.496 e. The third-order valence-electron chi connectivity index (χ3n) is 3.42. The Kier molecular flexibility index (Phi) is 6.67. The molecule has 0 aliphatic heterocycles. The van der Waals surface area contributed by atoms with E-state index < -0.39 is 18.0 Å². The predicted molar refractivity (Wildman–Crippen MR) is 97.3 cm³/mol. The lowest BCUT2D eigenvalue weighted by Gasteiger charge is -2.15. The molecule has 0 radical (unpaired) electrons. The number of amides is 1. The topological polar surface area (TPSA) is 64.6 Å². The number of ether oxygens (including phenoxy) is 2. The molecular formula is C18H17Cl2NO4. The molecular weight excluding hydrogens is 365 g/mol. The van der Waals surface area contributed by atoms with Gasteiger partial charge in [-0.3, -0.25) is 9.59 Å². The maximum atomic E-state index is 12.2. The molecule has 1 atom stereocenters. The van der Waals surface area contributed by atoms with E-state index in [1.807, 2.05) is 0 Å². The maximum Gasteiger partial charge on any atom is 0.311 e. The third-order valence-corrected chi connectivity index (χ3v) is 4.05. The molecule has 0 fully saturated rings. The van der Waals surface area contributed by atoms with E-state index in [4.69, 9.17) is 32.7 Å². The third kappa shape index (κ3) is 5.11. The molecule has 0 aromatic heterocycles. The average molecular weight is 382 g/mol. The van der Waals surface area contributed by atoms with Gasteiger partial charge >= 0.3 is 5.97 Å². The van der Waals surface area contributed by atoms with Gasteiger partial charge in [0, 0.05) is 5.56 Å². The van der Waals surface area contributed by atoms with Crippen LogP contribution in [0.5, 0.6) is 5.75 Å². The minimum atomic E-state index is -1.01. The van der Waals surface area contributed by atoms with E-state index in [1.165, 1.54) is 14.0 Å². The van der Waals surface area contributed by atoms with Crippen LogP contribution in [-0.4, -0.2) is 25.1 Å². The molecule has 1 amide bonds. The molecule has 1 N–H and O–H groups in total. The van der Waals surface area contributed by atoms with Crippen molar-refractivity contribution in [2.75, 3.05) is 12.4 Å². The first-order valence-corrected chi connectivity index (χ1v) is 8.24. The second-order valence-corrected chi connectivity index (χ2v) is 6.02. The lowest BCUT2D eigenvalue weighted by atomic mass is 10.1. The highest BCUT2D eigenvalue weighted by Gasteiger charge is 2.20. The van der Waals surface area contributed by atoms with Crippen LogP contribution in [0.3, 0.4) is 0 Å². The van der Waals surface area contributed by atoms with Gasteiger partial charge in [0.2, 0.25) is 0 Å². The maximum absolute atomic E-state index is 12.2. The van der Waals surface area contributed by atoms with E-state index >= 15 is 0 Å². The number of halogens is 2. The van der Waals surface area contributed by atoms with Gasteiger partial charge in [0.05, 0.1) is 29.3 Å². The SMILES string of the molecule is COc1ccccc1CC(=O)O[C@@H](C)C(=O)Nc1c(Cl)cccc1Cl. The van der Waals surface area contributed by atoms with Gasteiger partial charge in [0.25, 0.3) is 5.91 Å². The first-order valence-electron chi connectivity index (χ1n) is 7.48. The number of anilines is 1. The lowest BCUT2D eigenvalue weighted by molar-refractivity contribution is -0.152. The Bertz CT molecular complexity index is 759. The fourth-order valence-electron chi connectivity index (χ4n) is 2.14. The summed E-state index contributed by atoms with van der Waals surface area (Å²) in [6, 6.07) is 12.0. The van der Waals surface area contributed by atoms with Crippen molar-refractivity contribution in [1.82, 2.24) is 0 Å². The number of rotatable bonds is 6. The standard InChI is InChI=1S/C18H17Cl2NO4/c1-11(18(23)21-17-13(19)7-5-8-14(17)20)25-16(22)10-12-6-3-4-9-15(12)24-2/h3-9,11H,10H2,1-2H3,(H,21,23)/t11-/m0/s1. The van der Waals surface area contributed by atoms with Crippen molar-refractivity contribution < 1.29 is 19.1 Å². The highest BCUT2D eigenvalue weighted by Crippen LogP contribution is 2.30. The van der Waals surface area contributed by atoms with Crippen LogP contribution in [0.2, 0.25) is 10.0 Å². The lowest BCUT2D eigenvalue weighted by Crippen LogP contribution is -2.30. The van der Waals surface area contributed by atoms with Gasteiger partial charge in [0.1, 0.15) is 5.75 Å². The summed E-state index contributed by atoms with van der Waals surface area (Å²) in [6.45, 7) is 1.47. The number of nitrogens with one attached hydrogen (secondary N) is 1. The average Bonchev–Trinajstić information content (AvgIpc) is 2.58. The summed E-state index contributed by atoms with van der Waals surface area (Å²) in [5.41, 5.74) is 0.959. The fourth-order valence-corrected chi connectivity index (χ4v) is 2.63. The molecule has 5 nitrogen and oxygen atoms in total. The second kappa shape index (κ2) is 8.74. The van der Waals surface area contributed by atoms with Crippen molar-refractivity contribution >= 4 is 40.8 Å². The monoisotopic (exact) mass is 381 g/mol. The zero-order valence-electron chi connectivity index (χ0n) is 13.7. The molecule has 0 saturated carbocycles. The number of methoxy groups -OCH3 is 1. The molecule has 25 heavy (non-hydrogen) atoms. The highest BCUT2D eigenvalue weighted by atomic mass is 35.5. The second-order valence-electron chi connectivity index (χ2n) is 5.21. The van der Waals surface area contributed by atoms with Crippen LogP contribution in [0.4, 0.5) is 5.69 Å². The van der Waals surface area contributed by atoms with Gasteiger partial charge in [-0.1, -0.05) is 47.5 Å². The summed E-state index contributed by atoms with van der Waals surface area (Å²) in [6.07, 6.45) is -1.01. The van der Waals surface area contributed by atoms with Gasteiger partial charge in [-0.2, -0.15) is 0 Å². The van der Waals surface area contributed by atoms with Crippen molar-refractivity contribution in [3.8, 4) is 5.75 Å². The van der Waals surface area contributed by atoms with Crippen molar-refractivity contribution in [2.24, 2.45) is 0 Å². The number of para-hydroxylation sites is 2. The number of hydrogen-bond acceptors (Lipinski definition) is 4. The molecule has 0 spiro atoms. The summed E-state index contributed by atoms with van der Waals surface area (Å²) < 4.78 is 10.4. The fraction of sp³-hybridized carbons (Fsp3) is 0.222.